The standard InChI is InChI=1S/C19H28N4O3/c1-21-9-11-22(12-10-21)19(25)17-13-20-7-8-23(17)18(24)15-26-14-16-5-3-2-4-6-16/h2-6,17,20H,7-15H2,1H3. The number of likely N-dealkylation sites (N-methyl/N-ethyl adjacent to an activating group) is 1. The van der Waals surface area contributed by atoms with Crippen molar-refractivity contribution >= 4 is 11.8 Å². The quantitative estimate of drug-likeness (QED) is 0.786. The fourth-order valence-electron chi connectivity index (χ4n) is 3.37. The molecule has 3 rings (SSSR count). The molecule has 2 aliphatic rings. The molecule has 1 atom stereocenters. The SMILES string of the molecule is CN1CCN(C(=O)C2CNCCN2C(=O)COCc2ccccc2)CC1. The Bertz CT molecular complexity index is 602. The number of ether oxygens (including phenoxy) is 1. The lowest BCUT2D eigenvalue weighted by Crippen LogP contribution is -2.62. The lowest BCUT2D eigenvalue weighted by Gasteiger charge is -2.40. The van der Waals surface area contributed by atoms with Gasteiger partial charge < -0.3 is 24.8 Å². The van der Waals surface area contributed by atoms with Gasteiger partial charge in [0.2, 0.25) is 11.8 Å². The van der Waals surface area contributed by atoms with Crippen molar-refractivity contribution in [3.05, 3.63) is 35.9 Å². The summed E-state index contributed by atoms with van der Waals surface area (Å²) < 4.78 is 5.58. The zero-order valence-corrected chi connectivity index (χ0v) is 15.4. The summed E-state index contributed by atoms with van der Waals surface area (Å²) in [6.45, 7) is 5.35. The van der Waals surface area contributed by atoms with Crippen molar-refractivity contribution in [2.75, 3.05) is 59.5 Å². The van der Waals surface area contributed by atoms with Gasteiger partial charge in [-0.3, -0.25) is 9.59 Å². The van der Waals surface area contributed by atoms with Crippen molar-refractivity contribution in [3.63, 3.8) is 0 Å². The monoisotopic (exact) mass is 360 g/mol. The van der Waals surface area contributed by atoms with E-state index < -0.39 is 6.04 Å². The Morgan fingerprint density at radius 3 is 2.58 bits per heavy atom. The first-order valence-corrected chi connectivity index (χ1v) is 9.24. The minimum absolute atomic E-state index is 0.00140. The average Bonchev–Trinajstić information content (AvgIpc) is 2.69. The summed E-state index contributed by atoms with van der Waals surface area (Å²) >= 11 is 0. The maximum absolute atomic E-state index is 12.9. The zero-order valence-electron chi connectivity index (χ0n) is 15.4. The molecule has 1 N–H and O–H groups in total. The number of benzene rings is 1. The summed E-state index contributed by atoms with van der Waals surface area (Å²) in [6.07, 6.45) is 0. The van der Waals surface area contributed by atoms with Gasteiger partial charge >= 0.3 is 0 Å². The molecular weight excluding hydrogens is 332 g/mol. The van der Waals surface area contributed by atoms with Gasteiger partial charge in [-0.05, 0) is 12.6 Å². The maximum Gasteiger partial charge on any atom is 0.249 e. The minimum Gasteiger partial charge on any atom is -0.367 e. The predicted molar refractivity (Wildman–Crippen MR) is 98.5 cm³/mol. The molecule has 0 aromatic heterocycles. The van der Waals surface area contributed by atoms with Crippen molar-refractivity contribution in [3.8, 4) is 0 Å². The summed E-state index contributed by atoms with van der Waals surface area (Å²) in [4.78, 5) is 31.3. The Balaban J connectivity index is 1.54. The summed E-state index contributed by atoms with van der Waals surface area (Å²) in [5.41, 5.74) is 1.03. The van der Waals surface area contributed by atoms with Gasteiger partial charge in [0, 0.05) is 45.8 Å². The molecule has 7 nitrogen and oxygen atoms in total. The van der Waals surface area contributed by atoms with Crippen molar-refractivity contribution < 1.29 is 14.3 Å². The molecule has 2 fully saturated rings. The highest BCUT2D eigenvalue weighted by Gasteiger charge is 2.35. The molecule has 0 saturated carbocycles. The first kappa shape index (κ1) is 18.8. The molecule has 0 bridgehead atoms. The Hall–Kier alpha value is -1.96. The van der Waals surface area contributed by atoms with Crippen molar-refractivity contribution in [2.24, 2.45) is 0 Å². The normalized spacial score (nSPS) is 21.7. The van der Waals surface area contributed by atoms with Crippen molar-refractivity contribution in [1.82, 2.24) is 20.0 Å². The summed E-state index contributed by atoms with van der Waals surface area (Å²) in [6, 6.07) is 9.34. The van der Waals surface area contributed by atoms with Crippen LogP contribution in [0.1, 0.15) is 5.56 Å². The summed E-state index contributed by atoms with van der Waals surface area (Å²) in [5, 5.41) is 3.24. The van der Waals surface area contributed by atoms with Gasteiger partial charge in [-0.25, -0.2) is 0 Å². The van der Waals surface area contributed by atoms with Crippen LogP contribution in [0, 0.1) is 0 Å². The second-order valence-corrected chi connectivity index (χ2v) is 6.91. The number of piperazine rings is 2. The molecule has 142 valence electrons. The largest absolute Gasteiger partial charge is 0.367 e. The highest BCUT2D eigenvalue weighted by Crippen LogP contribution is 2.11. The molecule has 1 aromatic carbocycles. The van der Waals surface area contributed by atoms with Crippen LogP contribution in [-0.4, -0.2) is 92.0 Å². The molecule has 2 amide bonds. The van der Waals surface area contributed by atoms with Crippen LogP contribution in [0.5, 0.6) is 0 Å². The number of amides is 2. The third-order valence-electron chi connectivity index (χ3n) is 5.00. The third-order valence-corrected chi connectivity index (χ3v) is 5.00. The fourth-order valence-corrected chi connectivity index (χ4v) is 3.37. The topological polar surface area (TPSA) is 65.1 Å². The predicted octanol–water partition coefficient (Wildman–Crippen LogP) is -0.222. The molecular formula is C19H28N4O3. The molecule has 0 spiro atoms. The van der Waals surface area contributed by atoms with Gasteiger partial charge in [-0.15, -0.1) is 0 Å². The van der Waals surface area contributed by atoms with E-state index in [9.17, 15) is 9.59 Å². The van der Waals surface area contributed by atoms with Crippen LogP contribution in [0.2, 0.25) is 0 Å². The first-order valence-electron chi connectivity index (χ1n) is 9.24. The Morgan fingerprint density at radius 1 is 1.12 bits per heavy atom. The highest BCUT2D eigenvalue weighted by molar-refractivity contribution is 5.88. The van der Waals surface area contributed by atoms with Gasteiger partial charge in [0.25, 0.3) is 0 Å². The Labute approximate surface area is 154 Å². The zero-order chi connectivity index (χ0) is 18.4. The van der Waals surface area contributed by atoms with E-state index in [4.69, 9.17) is 4.74 Å². The van der Waals surface area contributed by atoms with Gasteiger partial charge in [-0.1, -0.05) is 30.3 Å². The molecule has 2 heterocycles. The van der Waals surface area contributed by atoms with E-state index in [2.05, 4.69) is 17.3 Å². The van der Waals surface area contributed by atoms with Gasteiger partial charge in [0.1, 0.15) is 12.6 Å². The first-order chi connectivity index (χ1) is 12.6. The smallest absolute Gasteiger partial charge is 0.249 e. The van der Waals surface area contributed by atoms with Crippen molar-refractivity contribution in [1.29, 1.82) is 0 Å². The van der Waals surface area contributed by atoms with E-state index in [1.165, 1.54) is 0 Å². The van der Waals surface area contributed by atoms with Crippen molar-refractivity contribution in [2.45, 2.75) is 12.6 Å². The second kappa shape index (κ2) is 9.12. The Kier molecular flexibility index (Phi) is 6.60. The Morgan fingerprint density at radius 2 is 1.85 bits per heavy atom. The second-order valence-electron chi connectivity index (χ2n) is 6.91. The number of carbonyl (C=O) groups excluding carboxylic acids is 2. The maximum atomic E-state index is 12.9. The molecule has 2 aliphatic heterocycles. The van der Waals surface area contributed by atoms with Crippen LogP contribution in [0.15, 0.2) is 30.3 Å². The van der Waals surface area contributed by atoms with Gasteiger partial charge in [0.05, 0.1) is 6.61 Å². The van der Waals surface area contributed by atoms with Crippen LogP contribution in [0.4, 0.5) is 0 Å². The minimum atomic E-state index is -0.431. The van der Waals surface area contributed by atoms with Crippen LogP contribution < -0.4 is 5.32 Å². The van der Waals surface area contributed by atoms with E-state index in [0.717, 1.165) is 31.7 Å². The number of hydrogen-bond donors (Lipinski definition) is 1. The van der Waals surface area contributed by atoms with Crippen LogP contribution in [-0.2, 0) is 20.9 Å². The van der Waals surface area contributed by atoms with Crippen LogP contribution >= 0.6 is 0 Å². The van der Waals surface area contributed by atoms with E-state index in [0.29, 0.717) is 26.2 Å². The molecule has 7 heteroatoms. The highest BCUT2D eigenvalue weighted by atomic mass is 16.5. The van der Waals surface area contributed by atoms with E-state index in [-0.39, 0.29) is 18.4 Å². The molecule has 0 radical (unpaired) electrons. The molecule has 2 saturated heterocycles. The molecule has 1 unspecified atom stereocenters. The van der Waals surface area contributed by atoms with Crippen LogP contribution in [0.25, 0.3) is 0 Å². The third kappa shape index (κ3) is 4.81. The van der Waals surface area contributed by atoms with E-state index >= 15 is 0 Å². The number of nitrogens with zero attached hydrogens (tertiary/aromatic N) is 3. The molecule has 1 aromatic rings. The fraction of sp³-hybridized carbons (Fsp3) is 0.579. The van der Waals surface area contributed by atoms with Crippen LogP contribution in [0.3, 0.4) is 0 Å². The van der Waals surface area contributed by atoms with E-state index in [1.807, 2.05) is 35.2 Å². The molecule has 0 aliphatic carbocycles. The summed E-state index contributed by atoms with van der Waals surface area (Å²) in [7, 11) is 2.06. The number of rotatable bonds is 5. The van der Waals surface area contributed by atoms with Gasteiger partial charge in [0.15, 0.2) is 0 Å². The lowest BCUT2D eigenvalue weighted by molar-refractivity contribution is -0.150. The number of nitrogens with one attached hydrogen (secondary N) is 1. The summed E-state index contributed by atoms with van der Waals surface area (Å²) in [5.74, 6) is -0.0726. The molecule has 26 heavy (non-hydrogen) atoms. The average molecular weight is 360 g/mol. The lowest BCUT2D eigenvalue weighted by atomic mass is 10.1. The van der Waals surface area contributed by atoms with E-state index in [1.54, 1.807) is 4.90 Å². The number of carbonyl (C=O) groups is 2. The van der Waals surface area contributed by atoms with Gasteiger partial charge in [-0.2, -0.15) is 0 Å². The number of hydrogen-bond acceptors (Lipinski definition) is 5.